The van der Waals surface area contributed by atoms with Crippen LogP contribution in [-0.2, 0) is 0 Å². The number of hydrogen-bond donors (Lipinski definition) is 1. The van der Waals surface area contributed by atoms with E-state index in [1.165, 1.54) is 11.6 Å². The third-order valence-electron chi connectivity index (χ3n) is 6.11. The first-order valence-electron chi connectivity index (χ1n) is 11.1. The number of halogens is 1. The summed E-state index contributed by atoms with van der Waals surface area (Å²) in [6.07, 6.45) is 3.75. The van der Waals surface area contributed by atoms with Crippen molar-refractivity contribution in [2.75, 3.05) is 4.90 Å². The quantitative estimate of drug-likeness (QED) is 0.357. The Bertz CT molecular complexity index is 1270. The van der Waals surface area contributed by atoms with E-state index in [1.807, 2.05) is 41.1 Å². The molecule has 1 N–H and O–H groups in total. The molecule has 1 aliphatic heterocycles. The molecule has 1 saturated heterocycles. The first-order valence-corrected chi connectivity index (χ1v) is 11.5. The zero-order valence-corrected chi connectivity index (χ0v) is 19.3. The van der Waals surface area contributed by atoms with Gasteiger partial charge in [-0.15, -0.1) is 0 Å². The number of thiocarbonyl (C=S) groups is 1. The zero-order chi connectivity index (χ0) is 22.9. The molecule has 0 unspecified atom stereocenters. The van der Waals surface area contributed by atoms with E-state index in [4.69, 9.17) is 12.2 Å². The molecule has 166 valence electrons. The Morgan fingerprint density at radius 1 is 0.939 bits per heavy atom. The predicted octanol–water partition coefficient (Wildman–Crippen LogP) is 6.31. The fourth-order valence-corrected chi connectivity index (χ4v) is 4.80. The summed E-state index contributed by atoms with van der Waals surface area (Å²) in [5.41, 5.74) is 4.95. The molecular weight excluding hydrogens is 431 g/mol. The third kappa shape index (κ3) is 4.02. The van der Waals surface area contributed by atoms with E-state index in [-0.39, 0.29) is 17.9 Å². The lowest BCUT2D eigenvalue weighted by Crippen LogP contribution is -2.30. The first kappa shape index (κ1) is 21.3. The predicted molar refractivity (Wildman–Crippen MR) is 134 cm³/mol. The van der Waals surface area contributed by atoms with Gasteiger partial charge in [0, 0.05) is 29.5 Å². The van der Waals surface area contributed by atoms with Crippen LogP contribution in [0.15, 0.2) is 91.3 Å². The lowest BCUT2D eigenvalue weighted by molar-refractivity contribution is 0.549. The standard InChI is InChI=1S/C27H25FN4S/c1-18(2)19-11-13-21(14-12-19)32-26(25(30-27(32)33)23-9-3-4-15-29-23)24-10-6-16-31(24)22-8-5-7-20(28)17-22/h3-18,25-26H,1-2H3,(H,30,33)/t25-,26-/m1/s1. The molecule has 5 rings (SSSR count). The number of pyridine rings is 1. The highest BCUT2D eigenvalue weighted by Crippen LogP contribution is 2.42. The van der Waals surface area contributed by atoms with Crippen molar-refractivity contribution >= 4 is 23.0 Å². The number of nitrogens with zero attached hydrogens (tertiary/aromatic N) is 3. The molecular formula is C27H25FN4S. The van der Waals surface area contributed by atoms with Gasteiger partial charge in [-0.3, -0.25) is 4.98 Å². The SMILES string of the molecule is CC(C)c1ccc(N2C(=S)N[C@H](c3ccccn3)[C@H]2c2cccn2-c2cccc(F)c2)cc1. The van der Waals surface area contributed by atoms with E-state index >= 15 is 0 Å². The molecule has 0 saturated carbocycles. The first-order chi connectivity index (χ1) is 16.0. The van der Waals surface area contributed by atoms with Crippen molar-refractivity contribution in [1.82, 2.24) is 14.9 Å². The summed E-state index contributed by atoms with van der Waals surface area (Å²) in [7, 11) is 0. The number of benzene rings is 2. The van der Waals surface area contributed by atoms with Crippen LogP contribution in [0.1, 0.15) is 48.8 Å². The van der Waals surface area contributed by atoms with Crippen LogP contribution < -0.4 is 10.2 Å². The topological polar surface area (TPSA) is 33.1 Å². The fourth-order valence-electron chi connectivity index (χ4n) is 4.45. The van der Waals surface area contributed by atoms with E-state index in [1.54, 1.807) is 18.3 Å². The number of rotatable bonds is 5. The number of aromatic nitrogens is 2. The van der Waals surface area contributed by atoms with Crippen molar-refractivity contribution in [2.24, 2.45) is 0 Å². The highest BCUT2D eigenvalue weighted by atomic mass is 32.1. The van der Waals surface area contributed by atoms with Gasteiger partial charge >= 0.3 is 0 Å². The number of nitrogens with one attached hydrogen (secondary N) is 1. The second-order valence-electron chi connectivity index (χ2n) is 8.53. The Kier molecular flexibility index (Phi) is 5.68. The maximum Gasteiger partial charge on any atom is 0.174 e. The van der Waals surface area contributed by atoms with Gasteiger partial charge in [0.1, 0.15) is 11.9 Å². The van der Waals surface area contributed by atoms with Crippen molar-refractivity contribution in [2.45, 2.75) is 31.8 Å². The molecule has 33 heavy (non-hydrogen) atoms. The second kappa shape index (κ2) is 8.79. The minimum Gasteiger partial charge on any atom is -0.351 e. The van der Waals surface area contributed by atoms with Gasteiger partial charge in [-0.2, -0.15) is 0 Å². The zero-order valence-electron chi connectivity index (χ0n) is 18.5. The van der Waals surface area contributed by atoms with Crippen LogP contribution in [0.25, 0.3) is 5.69 Å². The average molecular weight is 457 g/mol. The van der Waals surface area contributed by atoms with Crippen LogP contribution in [0, 0.1) is 5.82 Å². The minimum atomic E-state index is -0.269. The summed E-state index contributed by atoms with van der Waals surface area (Å²) in [4.78, 5) is 6.76. The van der Waals surface area contributed by atoms with Crippen molar-refractivity contribution in [3.63, 3.8) is 0 Å². The molecule has 4 nitrogen and oxygen atoms in total. The van der Waals surface area contributed by atoms with E-state index in [0.717, 1.165) is 22.8 Å². The van der Waals surface area contributed by atoms with Crippen LogP contribution in [0.3, 0.4) is 0 Å². The molecule has 1 fully saturated rings. The van der Waals surface area contributed by atoms with Crippen molar-refractivity contribution < 1.29 is 4.39 Å². The second-order valence-corrected chi connectivity index (χ2v) is 8.91. The molecule has 0 spiro atoms. The summed E-state index contributed by atoms with van der Waals surface area (Å²) in [6.45, 7) is 4.37. The van der Waals surface area contributed by atoms with Crippen LogP contribution in [-0.4, -0.2) is 14.7 Å². The maximum absolute atomic E-state index is 14.0. The van der Waals surface area contributed by atoms with Gasteiger partial charge < -0.3 is 14.8 Å². The lowest BCUT2D eigenvalue weighted by atomic mass is 9.99. The molecule has 0 amide bonds. The molecule has 0 bridgehead atoms. The molecule has 2 atom stereocenters. The third-order valence-corrected chi connectivity index (χ3v) is 6.42. The van der Waals surface area contributed by atoms with Gasteiger partial charge in [-0.1, -0.05) is 38.1 Å². The summed E-state index contributed by atoms with van der Waals surface area (Å²) >= 11 is 5.83. The van der Waals surface area contributed by atoms with Gasteiger partial charge in [0.2, 0.25) is 0 Å². The van der Waals surface area contributed by atoms with E-state index in [2.05, 4.69) is 59.4 Å². The van der Waals surface area contributed by atoms with Crippen LogP contribution in [0.4, 0.5) is 10.1 Å². The Balaban J connectivity index is 1.64. The maximum atomic E-state index is 14.0. The van der Waals surface area contributed by atoms with Gasteiger partial charge in [-0.25, -0.2) is 4.39 Å². The Hall–Kier alpha value is -3.51. The number of anilines is 1. The summed E-state index contributed by atoms with van der Waals surface area (Å²) in [5, 5.41) is 4.13. The summed E-state index contributed by atoms with van der Waals surface area (Å²) in [5.74, 6) is 0.180. The fraction of sp³-hybridized carbons (Fsp3) is 0.185. The lowest BCUT2D eigenvalue weighted by Gasteiger charge is -2.29. The molecule has 0 radical (unpaired) electrons. The molecule has 3 heterocycles. The molecule has 2 aromatic carbocycles. The van der Waals surface area contributed by atoms with E-state index in [9.17, 15) is 4.39 Å². The van der Waals surface area contributed by atoms with Gasteiger partial charge in [0.15, 0.2) is 5.11 Å². The van der Waals surface area contributed by atoms with E-state index < -0.39 is 0 Å². The van der Waals surface area contributed by atoms with Gasteiger partial charge in [0.25, 0.3) is 0 Å². The van der Waals surface area contributed by atoms with Gasteiger partial charge in [-0.05, 0) is 78.3 Å². The van der Waals surface area contributed by atoms with Crippen molar-refractivity contribution in [3.8, 4) is 5.69 Å². The molecule has 1 aliphatic rings. The van der Waals surface area contributed by atoms with Crippen molar-refractivity contribution in [1.29, 1.82) is 0 Å². The van der Waals surface area contributed by atoms with Gasteiger partial charge in [0.05, 0.1) is 11.7 Å². The largest absolute Gasteiger partial charge is 0.351 e. The summed E-state index contributed by atoms with van der Waals surface area (Å²) < 4.78 is 16.1. The normalized spacial score (nSPS) is 18.1. The molecule has 6 heteroatoms. The smallest absolute Gasteiger partial charge is 0.174 e. The van der Waals surface area contributed by atoms with Crippen LogP contribution in [0.5, 0.6) is 0 Å². The highest BCUT2D eigenvalue weighted by Gasteiger charge is 2.42. The Labute approximate surface area is 198 Å². The molecule has 4 aromatic rings. The minimum absolute atomic E-state index is 0.161. The molecule has 0 aliphatic carbocycles. The summed E-state index contributed by atoms with van der Waals surface area (Å²) in [6, 6.07) is 24.8. The Morgan fingerprint density at radius 2 is 1.76 bits per heavy atom. The highest BCUT2D eigenvalue weighted by molar-refractivity contribution is 7.80. The van der Waals surface area contributed by atoms with Crippen molar-refractivity contribution in [3.05, 3.63) is 114 Å². The molecule has 2 aromatic heterocycles. The van der Waals surface area contributed by atoms with E-state index in [0.29, 0.717) is 11.0 Å². The number of hydrogen-bond acceptors (Lipinski definition) is 2. The average Bonchev–Trinajstić information content (AvgIpc) is 3.44. The van der Waals surface area contributed by atoms with Crippen LogP contribution >= 0.6 is 12.2 Å². The monoisotopic (exact) mass is 456 g/mol. The Morgan fingerprint density at radius 3 is 2.45 bits per heavy atom. The van der Waals surface area contributed by atoms with Crippen LogP contribution in [0.2, 0.25) is 0 Å².